The number of halogens is 1. The highest BCUT2D eigenvalue weighted by Gasteiger charge is 2.17. The lowest BCUT2D eigenvalue weighted by molar-refractivity contribution is 0.0734. The first kappa shape index (κ1) is 12.2. The Balaban J connectivity index is 2.85. The summed E-state index contributed by atoms with van der Waals surface area (Å²) in [7, 11) is 1.80. The van der Waals surface area contributed by atoms with Crippen molar-refractivity contribution in [3.05, 3.63) is 28.5 Å². The van der Waals surface area contributed by atoms with E-state index in [1.807, 2.05) is 13.0 Å². The van der Waals surface area contributed by atoms with Crippen LogP contribution in [0.4, 0.5) is 0 Å². The third-order valence-corrected chi connectivity index (χ3v) is 2.95. The van der Waals surface area contributed by atoms with Crippen molar-refractivity contribution in [1.82, 2.24) is 9.88 Å². The smallest absolute Gasteiger partial charge is 0.272 e. The highest BCUT2D eigenvalue weighted by molar-refractivity contribution is 9.10. The Hall–Kier alpha value is -0.900. The highest BCUT2D eigenvalue weighted by atomic mass is 79.9. The van der Waals surface area contributed by atoms with Gasteiger partial charge in [0.1, 0.15) is 10.3 Å². The second kappa shape index (κ2) is 5.26. The zero-order valence-electron chi connectivity index (χ0n) is 9.20. The van der Waals surface area contributed by atoms with E-state index in [0.717, 1.165) is 6.42 Å². The van der Waals surface area contributed by atoms with Crippen LogP contribution in [-0.4, -0.2) is 28.9 Å². The summed E-state index contributed by atoms with van der Waals surface area (Å²) < 4.78 is 0.686. The van der Waals surface area contributed by atoms with Gasteiger partial charge < -0.3 is 4.90 Å². The van der Waals surface area contributed by atoms with Crippen molar-refractivity contribution >= 4 is 21.8 Å². The number of nitrogens with zero attached hydrogens (tertiary/aromatic N) is 2. The van der Waals surface area contributed by atoms with Gasteiger partial charge in [0.25, 0.3) is 5.91 Å². The first-order valence-corrected chi connectivity index (χ1v) is 5.75. The van der Waals surface area contributed by atoms with Gasteiger partial charge >= 0.3 is 0 Å². The third kappa shape index (κ3) is 3.02. The second-order valence-corrected chi connectivity index (χ2v) is 4.33. The quantitative estimate of drug-likeness (QED) is 0.792. The first-order chi connectivity index (χ1) is 7.06. The molecule has 0 N–H and O–H groups in total. The molecule has 82 valence electrons. The fourth-order valence-corrected chi connectivity index (χ4v) is 1.53. The van der Waals surface area contributed by atoms with Gasteiger partial charge in [-0.1, -0.05) is 13.0 Å². The third-order valence-electron chi connectivity index (χ3n) is 2.51. The number of carbonyl (C=O) groups excluding carboxylic acids is 1. The van der Waals surface area contributed by atoms with Crippen molar-refractivity contribution in [3.63, 3.8) is 0 Å². The van der Waals surface area contributed by atoms with Gasteiger partial charge in [-0.15, -0.1) is 0 Å². The molecule has 0 aliphatic rings. The molecule has 0 spiro atoms. The zero-order chi connectivity index (χ0) is 11.4. The summed E-state index contributed by atoms with van der Waals surface area (Å²) in [5.74, 6) is -0.0364. The van der Waals surface area contributed by atoms with Crippen molar-refractivity contribution in [2.45, 2.75) is 26.3 Å². The molecule has 0 fully saturated rings. The Morgan fingerprint density at radius 3 is 2.80 bits per heavy atom. The minimum absolute atomic E-state index is 0.0364. The minimum atomic E-state index is -0.0364. The summed E-state index contributed by atoms with van der Waals surface area (Å²) in [6.45, 7) is 4.08. The molecule has 1 unspecified atom stereocenters. The predicted octanol–water partition coefficient (Wildman–Crippen LogP) is 2.71. The number of amides is 1. The first-order valence-electron chi connectivity index (χ1n) is 4.96. The zero-order valence-corrected chi connectivity index (χ0v) is 10.8. The lowest BCUT2D eigenvalue weighted by atomic mass is 10.2. The van der Waals surface area contributed by atoms with E-state index in [1.54, 1.807) is 24.1 Å². The van der Waals surface area contributed by atoms with Crippen molar-refractivity contribution in [2.24, 2.45) is 0 Å². The highest BCUT2D eigenvalue weighted by Crippen LogP contribution is 2.10. The molecule has 0 aliphatic heterocycles. The summed E-state index contributed by atoms with van der Waals surface area (Å²) in [5.41, 5.74) is 0.479. The molecule has 0 radical (unpaired) electrons. The Morgan fingerprint density at radius 1 is 1.60 bits per heavy atom. The molecule has 1 rings (SSSR count). The SMILES string of the molecule is CCC(C)N(C)C(=O)c1cccc(Br)n1. The van der Waals surface area contributed by atoms with Gasteiger partial charge in [-0.25, -0.2) is 4.98 Å². The molecule has 0 saturated heterocycles. The standard InChI is InChI=1S/C11H15BrN2O/c1-4-8(2)14(3)11(15)9-6-5-7-10(12)13-9/h5-8H,4H2,1-3H3. The van der Waals surface area contributed by atoms with Gasteiger partial charge in [-0.05, 0) is 41.4 Å². The van der Waals surface area contributed by atoms with Gasteiger partial charge in [-0.2, -0.15) is 0 Å². The van der Waals surface area contributed by atoms with Crippen LogP contribution in [0.1, 0.15) is 30.8 Å². The van der Waals surface area contributed by atoms with Crippen LogP contribution in [0, 0.1) is 0 Å². The van der Waals surface area contributed by atoms with E-state index in [2.05, 4.69) is 27.8 Å². The maximum Gasteiger partial charge on any atom is 0.272 e. The van der Waals surface area contributed by atoms with Gasteiger partial charge in [0.2, 0.25) is 0 Å². The van der Waals surface area contributed by atoms with Crippen LogP contribution in [0.2, 0.25) is 0 Å². The summed E-state index contributed by atoms with van der Waals surface area (Å²) >= 11 is 3.25. The second-order valence-electron chi connectivity index (χ2n) is 3.52. The fraction of sp³-hybridized carbons (Fsp3) is 0.455. The Morgan fingerprint density at radius 2 is 2.27 bits per heavy atom. The largest absolute Gasteiger partial charge is 0.338 e. The number of hydrogen-bond donors (Lipinski definition) is 0. The molecule has 0 aromatic carbocycles. The number of pyridine rings is 1. The summed E-state index contributed by atoms with van der Waals surface area (Å²) in [5, 5.41) is 0. The average Bonchev–Trinajstić information content (AvgIpc) is 2.26. The summed E-state index contributed by atoms with van der Waals surface area (Å²) in [6, 6.07) is 5.58. The molecule has 0 saturated carbocycles. The lowest BCUT2D eigenvalue weighted by Gasteiger charge is -2.23. The molecular formula is C11H15BrN2O. The minimum Gasteiger partial charge on any atom is -0.338 e. The molecular weight excluding hydrogens is 256 g/mol. The number of hydrogen-bond acceptors (Lipinski definition) is 2. The number of aromatic nitrogens is 1. The van der Waals surface area contributed by atoms with Gasteiger partial charge in [0.15, 0.2) is 0 Å². The molecule has 0 bridgehead atoms. The lowest BCUT2D eigenvalue weighted by Crippen LogP contribution is -2.35. The van der Waals surface area contributed by atoms with Crippen molar-refractivity contribution in [3.8, 4) is 0 Å². The summed E-state index contributed by atoms with van der Waals surface area (Å²) in [6.07, 6.45) is 0.941. The molecule has 1 aromatic rings. The van der Waals surface area contributed by atoms with Crippen LogP contribution in [0.5, 0.6) is 0 Å². The Labute approximate surface area is 98.6 Å². The average molecular weight is 271 g/mol. The van der Waals surface area contributed by atoms with E-state index < -0.39 is 0 Å². The number of carbonyl (C=O) groups is 1. The number of rotatable bonds is 3. The van der Waals surface area contributed by atoms with E-state index in [1.165, 1.54) is 0 Å². The molecule has 1 aromatic heterocycles. The Bertz CT molecular complexity index is 354. The van der Waals surface area contributed by atoms with Crippen LogP contribution < -0.4 is 0 Å². The Kier molecular flexibility index (Phi) is 4.27. The molecule has 3 nitrogen and oxygen atoms in total. The van der Waals surface area contributed by atoms with E-state index in [-0.39, 0.29) is 11.9 Å². The van der Waals surface area contributed by atoms with Crippen LogP contribution in [0.3, 0.4) is 0 Å². The predicted molar refractivity (Wildman–Crippen MR) is 63.8 cm³/mol. The van der Waals surface area contributed by atoms with E-state index in [4.69, 9.17) is 0 Å². The van der Waals surface area contributed by atoms with Crippen molar-refractivity contribution in [1.29, 1.82) is 0 Å². The maximum atomic E-state index is 11.9. The topological polar surface area (TPSA) is 33.2 Å². The molecule has 4 heteroatoms. The van der Waals surface area contributed by atoms with Crippen LogP contribution in [0.25, 0.3) is 0 Å². The van der Waals surface area contributed by atoms with Crippen LogP contribution >= 0.6 is 15.9 Å². The monoisotopic (exact) mass is 270 g/mol. The van der Waals surface area contributed by atoms with Gasteiger partial charge in [0, 0.05) is 13.1 Å². The fourth-order valence-electron chi connectivity index (χ4n) is 1.18. The van der Waals surface area contributed by atoms with Gasteiger partial charge in [-0.3, -0.25) is 4.79 Å². The van der Waals surface area contributed by atoms with E-state index in [0.29, 0.717) is 10.3 Å². The molecule has 1 amide bonds. The van der Waals surface area contributed by atoms with Crippen molar-refractivity contribution < 1.29 is 4.79 Å². The van der Waals surface area contributed by atoms with Crippen LogP contribution in [0.15, 0.2) is 22.8 Å². The molecule has 1 heterocycles. The molecule has 0 aliphatic carbocycles. The van der Waals surface area contributed by atoms with E-state index in [9.17, 15) is 4.79 Å². The molecule has 1 atom stereocenters. The maximum absolute atomic E-state index is 11.9. The normalized spacial score (nSPS) is 12.3. The molecule has 15 heavy (non-hydrogen) atoms. The van der Waals surface area contributed by atoms with Crippen LogP contribution in [-0.2, 0) is 0 Å². The summed E-state index contributed by atoms with van der Waals surface area (Å²) in [4.78, 5) is 17.8. The van der Waals surface area contributed by atoms with Crippen molar-refractivity contribution in [2.75, 3.05) is 7.05 Å². The van der Waals surface area contributed by atoms with Gasteiger partial charge in [0.05, 0.1) is 0 Å². The van der Waals surface area contributed by atoms with E-state index >= 15 is 0 Å².